The lowest BCUT2D eigenvalue weighted by Gasteiger charge is -2.05. The third kappa shape index (κ3) is 3.14. The molecule has 0 aliphatic heterocycles. The number of carbonyl (C=O) groups excluding carboxylic acids is 1. The van der Waals surface area contributed by atoms with Crippen LogP contribution in [0.5, 0.6) is 0 Å². The van der Waals surface area contributed by atoms with Gasteiger partial charge in [0.05, 0.1) is 6.20 Å². The smallest absolute Gasteiger partial charge is 0.225 e. The van der Waals surface area contributed by atoms with Crippen LogP contribution in [0.1, 0.15) is 12.0 Å². The predicted octanol–water partition coefficient (Wildman–Crippen LogP) is 1.39. The van der Waals surface area contributed by atoms with Crippen molar-refractivity contribution in [3.05, 3.63) is 42.4 Å². The molecule has 5 heteroatoms. The molecule has 0 aliphatic carbocycles. The highest BCUT2D eigenvalue weighted by Gasteiger charge is 2.05. The molecule has 2 heterocycles. The maximum atomic E-state index is 11.7. The van der Waals surface area contributed by atoms with E-state index in [0.29, 0.717) is 18.7 Å². The summed E-state index contributed by atoms with van der Waals surface area (Å²) in [6.07, 6.45) is 6.28. The van der Waals surface area contributed by atoms with Crippen LogP contribution < -0.4 is 5.32 Å². The van der Waals surface area contributed by atoms with Crippen LogP contribution in [0, 0.1) is 0 Å². The molecule has 88 valence electrons. The van der Waals surface area contributed by atoms with Gasteiger partial charge in [0.1, 0.15) is 5.82 Å². The molecule has 2 aromatic heterocycles. The van der Waals surface area contributed by atoms with Crippen LogP contribution in [0.3, 0.4) is 0 Å². The van der Waals surface area contributed by atoms with Gasteiger partial charge in [-0.15, -0.1) is 0 Å². The highest BCUT2D eigenvalue weighted by atomic mass is 16.1. The largest absolute Gasteiger partial charge is 0.311 e. The minimum atomic E-state index is -0.00888. The molecule has 2 rings (SSSR count). The van der Waals surface area contributed by atoms with E-state index in [1.807, 2.05) is 12.1 Å². The van der Waals surface area contributed by atoms with Gasteiger partial charge in [-0.1, -0.05) is 0 Å². The molecule has 0 atom stereocenters. The summed E-state index contributed by atoms with van der Waals surface area (Å²) in [7, 11) is 1.79. The molecule has 0 bridgehead atoms. The topological polar surface area (TPSA) is 59.8 Å². The minimum absolute atomic E-state index is 0.00888. The van der Waals surface area contributed by atoms with E-state index in [-0.39, 0.29) is 5.91 Å². The summed E-state index contributed by atoms with van der Waals surface area (Å²) >= 11 is 0. The van der Waals surface area contributed by atoms with Crippen LogP contribution in [0.15, 0.2) is 36.8 Å². The first kappa shape index (κ1) is 11.3. The van der Waals surface area contributed by atoms with Crippen LogP contribution in [0.4, 0.5) is 5.82 Å². The Morgan fingerprint density at radius 2 is 2.06 bits per heavy atom. The van der Waals surface area contributed by atoms with Crippen molar-refractivity contribution < 1.29 is 4.79 Å². The molecule has 0 spiro atoms. The van der Waals surface area contributed by atoms with E-state index >= 15 is 0 Å². The molecule has 0 unspecified atom stereocenters. The maximum absolute atomic E-state index is 11.7. The number of amides is 1. The van der Waals surface area contributed by atoms with Crippen molar-refractivity contribution in [3.63, 3.8) is 0 Å². The van der Waals surface area contributed by atoms with Crippen LogP contribution in [-0.4, -0.2) is 20.7 Å². The summed E-state index contributed by atoms with van der Waals surface area (Å²) in [6.45, 7) is 0. The fourth-order valence-corrected chi connectivity index (χ4v) is 1.51. The highest BCUT2D eigenvalue weighted by molar-refractivity contribution is 5.89. The Bertz CT molecular complexity index is 492. The molecular weight excluding hydrogens is 216 g/mol. The Morgan fingerprint density at radius 1 is 1.29 bits per heavy atom. The minimum Gasteiger partial charge on any atom is -0.311 e. The molecule has 0 radical (unpaired) electrons. The standard InChI is InChI=1S/C12H14N4O/c1-16-11(6-9-14-16)15-12(17)3-2-10-4-7-13-8-5-10/h4-9H,2-3H2,1H3,(H,15,17). The second-order valence-corrected chi connectivity index (χ2v) is 3.74. The number of nitrogens with zero attached hydrogens (tertiary/aromatic N) is 3. The second-order valence-electron chi connectivity index (χ2n) is 3.74. The van der Waals surface area contributed by atoms with Crippen molar-refractivity contribution >= 4 is 11.7 Å². The van der Waals surface area contributed by atoms with Crippen molar-refractivity contribution in [2.24, 2.45) is 7.05 Å². The first-order chi connectivity index (χ1) is 8.25. The lowest BCUT2D eigenvalue weighted by Crippen LogP contribution is -2.14. The Balaban J connectivity index is 1.85. The molecule has 0 saturated heterocycles. The first-order valence-electron chi connectivity index (χ1n) is 5.42. The molecule has 2 aromatic rings. The molecule has 0 aliphatic rings. The van der Waals surface area contributed by atoms with E-state index in [1.54, 1.807) is 36.4 Å². The number of rotatable bonds is 4. The summed E-state index contributed by atoms with van der Waals surface area (Å²) in [5.74, 6) is 0.704. The van der Waals surface area contributed by atoms with Crippen molar-refractivity contribution in [1.82, 2.24) is 14.8 Å². The summed E-state index contributed by atoms with van der Waals surface area (Å²) < 4.78 is 1.63. The van der Waals surface area contributed by atoms with Gasteiger partial charge in [0, 0.05) is 31.9 Å². The summed E-state index contributed by atoms with van der Waals surface area (Å²) in [5.41, 5.74) is 1.11. The third-order valence-corrected chi connectivity index (χ3v) is 2.48. The molecule has 1 amide bonds. The maximum Gasteiger partial charge on any atom is 0.225 e. The summed E-state index contributed by atoms with van der Waals surface area (Å²) in [4.78, 5) is 15.6. The van der Waals surface area contributed by atoms with Crippen LogP contribution in [0.25, 0.3) is 0 Å². The Labute approximate surface area is 99.5 Å². The number of aromatic nitrogens is 3. The fraction of sp³-hybridized carbons (Fsp3) is 0.250. The highest BCUT2D eigenvalue weighted by Crippen LogP contribution is 2.06. The van der Waals surface area contributed by atoms with Gasteiger partial charge < -0.3 is 5.32 Å². The van der Waals surface area contributed by atoms with Gasteiger partial charge in [-0.25, -0.2) is 0 Å². The quantitative estimate of drug-likeness (QED) is 0.863. The van der Waals surface area contributed by atoms with Crippen molar-refractivity contribution in [1.29, 1.82) is 0 Å². The number of anilines is 1. The van der Waals surface area contributed by atoms with E-state index < -0.39 is 0 Å². The van der Waals surface area contributed by atoms with Crippen molar-refractivity contribution in [3.8, 4) is 0 Å². The van der Waals surface area contributed by atoms with Crippen LogP contribution in [-0.2, 0) is 18.3 Å². The number of pyridine rings is 1. The second kappa shape index (κ2) is 5.25. The van der Waals surface area contributed by atoms with E-state index in [1.165, 1.54) is 0 Å². The molecule has 0 saturated carbocycles. The molecule has 5 nitrogen and oxygen atoms in total. The fourth-order valence-electron chi connectivity index (χ4n) is 1.51. The first-order valence-corrected chi connectivity index (χ1v) is 5.42. The number of hydrogen-bond donors (Lipinski definition) is 1. The van der Waals surface area contributed by atoms with E-state index in [2.05, 4.69) is 15.4 Å². The van der Waals surface area contributed by atoms with Crippen molar-refractivity contribution in [2.75, 3.05) is 5.32 Å². The van der Waals surface area contributed by atoms with Gasteiger partial charge in [-0.05, 0) is 24.1 Å². The number of aryl methyl sites for hydroxylation is 2. The van der Waals surface area contributed by atoms with Crippen LogP contribution >= 0.6 is 0 Å². The zero-order chi connectivity index (χ0) is 12.1. The number of carbonyl (C=O) groups is 1. The van der Waals surface area contributed by atoms with Gasteiger partial charge in [0.15, 0.2) is 0 Å². The molecule has 1 N–H and O–H groups in total. The van der Waals surface area contributed by atoms with Crippen LogP contribution in [0.2, 0.25) is 0 Å². The van der Waals surface area contributed by atoms with Gasteiger partial charge in [0.2, 0.25) is 5.91 Å². The number of hydrogen-bond acceptors (Lipinski definition) is 3. The van der Waals surface area contributed by atoms with Gasteiger partial charge in [-0.3, -0.25) is 14.5 Å². The average molecular weight is 230 g/mol. The normalized spacial score (nSPS) is 10.2. The Kier molecular flexibility index (Phi) is 3.49. The van der Waals surface area contributed by atoms with Gasteiger partial charge in [0.25, 0.3) is 0 Å². The zero-order valence-electron chi connectivity index (χ0n) is 9.63. The molecule has 0 aromatic carbocycles. The lowest BCUT2D eigenvalue weighted by atomic mass is 10.1. The Morgan fingerprint density at radius 3 is 2.71 bits per heavy atom. The van der Waals surface area contributed by atoms with E-state index in [9.17, 15) is 4.79 Å². The Hall–Kier alpha value is -2.17. The molecular formula is C12H14N4O. The van der Waals surface area contributed by atoms with Gasteiger partial charge >= 0.3 is 0 Å². The lowest BCUT2D eigenvalue weighted by molar-refractivity contribution is -0.116. The third-order valence-electron chi connectivity index (χ3n) is 2.48. The predicted molar refractivity (Wildman–Crippen MR) is 64.4 cm³/mol. The SMILES string of the molecule is Cn1nccc1NC(=O)CCc1ccncc1. The number of nitrogens with one attached hydrogen (secondary N) is 1. The molecule has 0 fully saturated rings. The average Bonchev–Trinajstić information content (AvgIpc) is 2.74. The summed E-state index contributed by atoms with van der Waals surface area (Å²) in [6, 6.07) is 5.60. The van der Waals surface area contributed by atoms with Crippen molar-refractivity contribution in [2.45, 2.75) is 12.8 Å². The van der Waals surface area contributed by atoms with E-state index in [0.717, 1.165) is 5.56 Å². The molecule has 17 heavy (non-hydrogen) atoms. The van der Waals surface area contributed by atoms with Gasteiger partial charge in [-0.2, -0.15) is 5.10 Å². The zero-order valence-corrected chi connectivity index (χ0v) is 9.63. The summed E-state index contributed by atoms with van der Waals surface area (Å²) in [5, 5.41) is 6.79. The van der Waals surface area contributed by atoms with E-state index in [4.69, 9.17) is 0 Å². The monoisotopic (exact) mass is 230 g/mol.